The number of aryl methyl sites for hydroxylation is 2. The molecule has 1 aliphatic heterocycles. The fraction of sp³-hybridized carbons (Fsp3) is 0.391. The van der Waals surface area contributed by atoms with Gasteiger partial charge in [0.15, 0.2) is 0 Å². The van der Waals surface area contributed by atoms with Gasteiger partial charge >= 0.3 is 0 Å². The Morgan fingerprint density at radius 1 is 1.10 bits per heavy atom. The second-order valence-corrected chi connectivity index (χ2v) is 7.48. The van der Waals surface area contributed by atoms with E-state index in [1.807, 2.05) is 26.0 Å². The number of likely N-dealkylation sites (tertiary alicyclic amines) is 1. The van der Waals surface area contributed by atoms with E-state index in [-0.39, 0.29) is 17.5 Å². The third kappa shape index (κ3) is 6.06. The lowest BCUT2D eigenvalue weighted by atomic mass is 10.1. The number of carbonyl (C=O) groups is 2. The number of rotatable bonds is 7. The summed E-state index contributed by atoms with van der Waals surface area (Å²) in [5.74, 6) is -0.140. The minimum Gasteiger partial charge on any atom is -0.465 e. The van der Waals surface area contributed by atoms with Crippen LogP contribution >= 0.6 is 0 Å². The third-order valence-electron chi connectivity index (χ3n) is 5.25. The lowest BCUT2D eigenvalue weighted by molar-refractivity contribution is -0.117. The maximum absolute atomic E-state index is 12.7. The molecule has 1 aromatic heterocycles. The number of amides is 2. The summed E-state index contributed by atoms with van der Waals surface area (Å²) in [5, 5.41) is 5.66. The average molecular weight is 396 g/mol. The summed E-state index contributed by atoms with van der Waals surface area (Å²) in [6.07, 6.45) is 6.79. The Morgan fingerprint density at radius 2 is 1.90 bits per heavy atom. The van der Waals surface area contributed by atoms with E-state index in [9.17, 15) is 9.59 Å². The molecule has 2 aromatic rings. The van der Waals surface area contributed by atoms with Crippen LogP contribution in [-0.4, -0.2) is 42.9 Å². The van der Waals surface area contributed by atoms with Crippen LogP contribution in [0.5, 0.6) is 0 Å². The molecule has 154 valence electrons. The first-order valence-electron chi connectivity index (χ1n) is 10.2. The minimum absolute atomic E-state index is 0.168. The fourth-order valence-electron chi connectivity index (χ4n) is 3.36. The largest absolute Gasteiger partial charge is 0.465 e. The van der Waals surface area contributed by atoms with Gasteiger partial charge in [0.25, 0.3) is 11.8 Å². The van der Waals surface area contributed by atoms with Crippen molar-refractivity contribution in [1.82, 2.24) is 15.5 Å². The summed E-state index contributed by atoms with van der Waals surface area (Å²) in [6.45, 7) is 7.45. The molecule has 1 aromatic carbocycles. The van der Waals surface area contributed by atoms with Gasteiger partial charge in [-0.05, 0) is 75.2 Å². The molecule has 6 heteroatoms. The molecule has 0 saturated carbocycles. The van der Waals surface area contributed by atoms with Gasteiger partial charge in [-0.1, -0.05) is 12.5 Å². The Bertz CT molecular complexity index is 865. The normalized spacial score (nSPS) is 15.2. The first-order chi connectivity index (χ1) is 14.0. The number of piperidine rings is 1. The van der Waals surface area contributed by atoms with E-state index in [2.05, 4.69) is 15.5 Å². The zero-order valence-corrected chi connectivity index (χ0v) is 17.2. The maximum Gasteiger partial charge on any atom is 0.267 e. The number of nitrogens with one attached hydrogen (secondary N) is 2. The van der Waals surface area contributed by atoms with Gasteiger partial charge in [0, 0.05) is 24.7 Å². The van der Waals surface area contributed by atoms with Gasteiger partial charge in [0.1, 0.15) is 11.5 Å². The number of benzene rings is 1. The van der Waals surface area contributed by atoms with Crippen molar-refractivity contribution in [2.24, 2.45) is 0 Å². The smallest absolute Gasteiger partial charge is 0.267 e. The predicted octanol–water partition coefficient (Wildman–Crippen LogP) is 3.27. The second kappa shape index (κ2) is 10.1. The van der Waals surface area contributed by atoms with Crippen molar-refractivity contribution in [3.05, 3.63) is 64.7 Å². The van der Waals surface area contributed by atoms with E-state index in [0.717, 1.165) is 30.8 Å². The quantitative estimate of drug-likeness (QED) is 0.706. The van der Waals surface area contributed by atoms with Crippen LogP contribution < -0.4 is 10.6 Å². The van der Waals surface area contributed by atoms with E-state index in [0.29, 0.717) is 17.9 Å². The highest BCUT2D eigenvalue weighted by Gasteiger charge is 2.16. The van der Waals surface area contributed by atoms with Crippen LogP contribution in [0, 0.1) is 13.8 Å². The van der Waals surface area contributed by atoms with E-state index in [4.69, 9.17) is 4.42 Å². The molecule has 0 bridgehead atoms. The Kier molecular flexibility index (Phi) is 7.25. The first kappa shape index (κ1) is 20.9. The first-order valence-corrected chi connectivity index (χ1v) is 10.2. The number of hydrogen-bond acceptors (Lipinski definition) is 4. The van der Waals surface area contributed by atoms with Crippen LogP contribution in [0.1, 0.15) is 46.5 Å². The minimum atomic E-state index is -0.324. The van der Waals surface area contributed by atoms with Crippen LogP contribution in [0.3, 0.4) is 0 Å². The summed E-state index contributed by atoms with van der Waals surface area (Å²) < 4.78 is 5.32. The highest BCUT2D eigenvalue weighted by Crippen LogP contribution is 2.12. The van der Waals surface area contributed by atoms with Gasteiger partial charge in [0.2, 0.25) is 0 Å². The number of nitrogens with zero attached hydrogens (tertiary/aromatic N) is 1. The van der Waals surface area contributed by atoms with Crippen LogP contribution in [0.4, 0.5) is 0 Å². The van der Waals surface area contributed by atoms with Crippen molar-refractivity contribution < 1.29 is 14.0 Å². The topological polar surface area (TPSA) is 74.6 Å². The maximum atomic E-state index is 12.7. The van der Waals surface area contributed by atoms with Gasteiger partial charge in [-0.3, -0.25) is 9.59 Å². The van der Waals surface area contributed by atoms with Crippen molar-refractivity contribution in [3.8, 4) is 0 Å². The molecule has 0 unspecified atom stereocenters. The SMILES string of the molecule is Cc1ccc(C(=O)N/C(=C/c2ccco2)C(=O)NCCN2CCCCC2)cc1C. The van der Waals surface area contributed by atoms with Crippen molar-refractivity contribution in [2.45, 2.75) is 33.1 Å². The molecule has 0 spiro atoms. The van der Waals surface area contributed by atoms with Crippen LogP contribution in [0.15, 0.2) is 46.7 Å². The molecule has 1 saturated heterocycles. The summed E-state index contributed by atoms with van der Waals surface area (Å²) in [5.41, 5.74) is 2.82. The molecule has 2 amide bonds. The van der Waals surface area contributed by atoms with Crippen molar-refractivity contribution >= 4 is 17.9 Å². The number of carbonyl (C=O) groups excluding carboxylic acids is 2. The Balaban J connectivity index is 1.66. The zero-order chi connectivity index (χ0) is 20.6. The number of furan rings is 1. The van der Waals surface area contributed by atoms with Gasteiger partial charge in [-0.15, -0.1) is 0 Å². The lowest BCUT2D eigenvalue weighted by Gasteiger charge is -2.26. The molecular weight excluding hydrogens is 366 g/mol. The Morgan fingerprint density at radius 3 is 2.59 bits per heavy atom. The molecule has 29 heavy (non-hydrogen) atoms. The fourth-order valence-corrected chi connectivity index (χ4v) is 3.36. The zero-order valence-electron chi connectivity index (χ0n) is 17.2. The molecule has 1 fully saturated rings. The standard InChI is InChI=1S/C23H29N3O3/c1-17-8-9-19(15-18(17)2)22(27)25-21(16-20-7-6-14-29-20)23(28)24-10-13-26-11-4-3-5-12-26/h6-9,14-16H,3-5,10-13H2,1-2H3,(H,24,28)(H,25,27)/b21-16+. The molecule has 3 rings (SSSR count). The van der Waals surface area contributed by atoms with Crippen molar-refractivity contribution in [3.63, 3.8) is 0 Å². The molecule has 0 atom stereocenters. The summed E-state index contributed by atoms with van der Waals surface area (Å²) in [7, 11) is 0. The van der Waals surface area contributed by atoms with Gasteiger partial charge < -0.3 is 20.0 Å². The lowest BCUT2D eigenvalue weighted by Crippen LogP contribution is -2.40. The van der Waals surface area contributed by atoms with E-state index in [1.54, 1.807) is 24.3 Å². The number of hydrogen-bond donors (Lipinski definition) is 2. The monoisotopic (exact) mass is 395 g/mol. The molecular formula is C23H29N3O3. The van der Waals surface area contributed by atoms with Crippen LogP contribution in [-0.2, 0) is 4.79 Å². The van der Waals surface area contributed by atoms with Gasteiger partial charge in [-0.25, -0.2) is 0 Å². The molecule has 2 heterocycles. The molecule has 2 N–H and O–H groups in total. The molecule has 6 nitrogen and oxygen atoms in total. The van der Waals surface area contributed by atoms with E-state index >= 15 is 0 Å². The van der Waals surface area contributed by atoms with E-state index < -0.39 is 0 Å². The Hall–Kier alpha value is -2.86. The highest BCUT2D eigenvalue weighted by molar-refractivity contribution is 6.05. The molecule has 0 radical (unpaired) electrons. The highest BCUT2D eigenvalue weighted by atomic mass is 16.3. The van der Waals surface area contributed by atoms with Crippen LogP contribution in [0.2, 0.25) is 0 Å². The summed E-state index contributed by atoms with van der Waals surface area (Å²) in [4.78, 5) is 27.8. The molecule has 1 aliphatic rings. The predicted molar refractivity (Wildman–Crippen MR) is 113 cm³/mol. The van der Waals surface area contributed by atoms with Gasteiger partial charge in [0.05, 0.1) is 6.26 Å². The Labute approximate surface area is 172 Å². The van der Waals surface area contributed by atoms with Crippen LogP contribution in [0.25, 0.3) is 6.08 Å². The average Bonchev–Trinajstić information content (AvgIpc) is 3.23. The summed E-state index contributed by atoms with van der Waals surface area (Å²) in [6, 6.07) is 8.96. The van der Waals surface area contributed by atoms with Crippen molar-refractivity contribution in [2.75, 3.05) is 26.2 Å². The summed E-state index contributed by atoms with van der Waals surface area (Å²) >= 11 is 0. The molecule has 0 aliphatic carbocycles. The third-order valence-corrected chi connectivity index (χ3v) is 5.25. The second-order valence-electron chi connectivity index (χ2n) is 7.48. The van der Waals surface area contributed by atoms with Gasteiger partial charge in [-0.2, -0.15) is 0 Å². The van der Waals surface area contributed by atoms with E-state index in [1.165, 1.54) is 25.5 Å². The van der Waals surface area contributed by atoms with Crippen molar-refractivity contribution in [1.29, 1.82) is 0 Å².